The molecule has 0 bridgehead atoms. The largest absolute Gasteiger partial charge is 0.373 e. The highest BCUT2D eigenvalue weighted by Crippen LogP contribution is 2.35. The Hall–Kier alpha value is -0.610. The number of carbonyl (C=O) groups is 1. The standard InChI is InChI=1S/C10H18N2O2/c1-9(2)5-10(6-14-9,8(11)13)12-7-3-4-7/h7,12H,3-6H2,1-2H3,(H2,11,13). The lowest BCUT2D eigenvalue weighted by molar-refractivity contribution is -0.124. The van der Waals surface area contributed by atoms with Gasteiger partial charge in [0.2, 0.25) is 5.91 Å². The van der Waals surface area contributed by atoms with Crippen molar-refractivity contribution in [2.75, 3.05) is 6.61 Å². The molecule has 3 N–H and O–H groups in total. The molecule has 4 nitrogen and oxygen atoms in total. The first-order valence-corrected chi connectivity index (χ1v) is 5.15. The summed E-state index contributed by atoms with van der Waals surface area (Å²) in [4.78, 5) is 11.5. The minimum Gasteiger partial charge on any atom is -0.373 e. The molecule has 2 fully saturated rings. The Morgan fingerprint density at radius 1 is 1.50 bits per heavy atom. The van der Waals surface area contributed by atoms with Crippen LogP contribution in [0.15, 0.2) is 0 Å². The minimum absolute atomic E-state index is 0.239. The SMILES string of the molecule is CC1(C)CC(NC2CC2)(C(N)=O)CO1. The lowest BCUT2D eigenvalue weighted by Crippen LogP contribution is -2.57. The Balaban J connectivity index is 2.11. The maximum Gasteiger partial charge on any atom is 0.240 e. The van der Waals surface area contributed by atoms with E-state index in [1.54, 1.807) is 0 Å². The molecule has 1 aliphatic heterocycles. The van der Waals surface area contributed by atoms with Crippen LogP contribution in [0, 0.1) is 0 Å². The van der Waals surface area contributed by atoms with Gasteiger partial charge in [-0.2, -0.15) is 0 Å². The van der Waals surface area contributed by atoms with Gasteiger partial charge >= 0.3 is 0 Å². The molecule has 1 saturated carbocycles. The Morgan fingerprint density at radius 3 is 2.50 bits per heavy atom. The van der Waals surface area contributed by atoms with Crippen LogP contribution in [-0.2, 0) is 9.53 Å². The molecule has 1 amide bonds. The predicted molar refractivity (Wildman–Crippen MR) is 52.7 cm³/mol. The van der Waals surface area contributed by atoms with E-state index in [0.29, 0.717) is 19.1 Å². The first-order chi connectivity index (χ1) is 6.44. The van der Waals surface area contributed by atoms with Crippen LogP contribution in [0.2, 0.25) is 0 Å². The summed E-state index contributed by atoms with van der Waals surface area (Å²) in [7, 11) is 0. The fourth-order valence-corrected chi connectivity index (χ4v) is 2.09. The predicted octanol–water partition coefficient (Wildman–Crippen LogP) is 0.161. The van der Waals surface area contributed by atoms with E-state index in [4.69, 9.17) is 10.5 Å². The number of nitrogens with one attached hydrogen (secondary N) is 1. The second-order valence-corrected chi connectivity index (χ2v) is 5.09. The van der Waals surface area contributed by atoms with Crippen molar-refractivity contribution in [3.05, 3.63) is 0 Å². The third-order valence-electron chi connectivity index (χ3n) is 2.97. The number of amides is 1. The summed E-state index contributed by atoms with van der Waals surface area (Å²) in [6.07, 6.45) is 2.97. The second kappa shape index (κ2) is 2.94. The van der Waals surface area contributed by atoms with Gasteiger partial charge in [-0.25, -0.2) is 0 Å². The van der Waals surface area contributed by atoms with E-state index in [0.717, 1.165) is 12.8 Å². The fourth-order valence-electron chi connectivity index (χ4n) is 2.09. The van der Waals surface area contributed by atoms with Crippen molar-refractivity contribution < 1.29 is 9.53 Å². The maximum atomic E-state index is 11.5. The van der Waals surface area contributed by atoms with Crippen LogP contribution in [0.5, 0.6) is 0 Å². The monoisotopic (exact) mass is 198 g/mol. The molecule has 80 valence electrons. The Labute approximate surface area is 84.2 Å². The van der Waals surface area contributed by atoms with Gasteiger partial charge in [0.25, 0.3) is 0 Å². The van der Waals surface area contributed by atoms with Gasteiger partial charge in [0, 0.05) is 12.5 Å². The Morgan fingerprint density at radius 2 is 2.14 bits per heavy atom. The molecule has 1 unspecified atom stereocenters. The molecule has 2 rings (SSSR count). The van der Waals surface area contributed by atoms with Gasteiger partial charge in [-0.15, -0.1) is 0 Å². The van der Waals surface area contributed by atoms with Gasteiger partial charge in [0.05, 0.1) is 12.2 Å². The molecule has 1 aliphatic carbocycles. The molecule has 14 heavy (non-hydrogen) atoms. The van der Waals surface area contributed by atoms with Crippen LogP contribution < -0.4 is 11.1 Å². The number of hydrogen-bond donors (Lipinski definition) is 2. The number of nitrogens with two attached hydrogens (primary N) is 1. The van der Waals surface area contributed by atoms with Crippen molar-refractivity contribution in [3.8, 4) is 0 Å². The van der Waals surface area contributed by atoms with Crippen LogP contribution in [-0.4, -0.2) is 29.7 Å². The lowest BCUT2D eigenvalue weighted by atomic mass is 9.89. The zero-order valence-electron chi connectivity index (χ0n) is 8.80. The van der Waals surface area contributed by atoms with E-state index in [-0.39, 0.29) is 11.5 Å². The summed E-state index contributed by atoms with van der Waals surface area (Å²) in [5.41, 5.74) is 4.59. The molecule has 4 heteroatoms. The van der Waals surface area contributed by atoms with Crippen LogP contribution >= 0.6 is 0 Å². The molecular formula is C10H18N2O2. The van der Waals surface area contributed by atoms with Gasteiger partial charge in [0.15, 0.2) is 0 Å². The lowest BCUT2D eigenvalue weighted by Gasteiger charge is -2.26. The van der Waals surface area contributed by atoms with Crippen LogP contribution in [0.1, 0.15) is 33.1 Å². The summed E-state index contributed by atoms with van der Waals surface area (Å²) in [6.45, 7) is 4.39. The highest BCUT2D eigenvalue weighted by Gasteiger charge is 2.50. The molecule has 2 aliphatic rings. The first kappa shape index (κ1) is 9.93. The molecule has 0 aromatic rings. The summed E-state index contributed by atoms with van der Waals surface area (Å²) >= 11 is 0. The molecule has 0 spiro atoms. The van der Waals surface area contributed by atoms with E-state index in [9.17, 15) is 4.79 Å². The minimum atomic E-state index is -0.620. The van der Waals surface area contributed by atoms with Gasteiger partial charge in [-0.1, -0.05) is 0 Å². The average molecular weight is 198 g/mol. The third kappa shape index (κ3) is 1.77. The summed E-state index contributed by atoms with van der Waals surface area (Å²) in [5, 5.41) is 3.32. The van der Waals surface area contributed by atoms with Crippen molar-refractivity contribution in [1.82, 2.24) is 5.32 Å². The second-order valence-electron chi connectivity index (χ2n) is 5.09. The number of hydrogen-bond acceptors (Lipinski definition) is 3. The van der Waals surface area contributed by atoms with Gasteiger partial charge in [0.1, 0.15) is 5.54 Å². The van der Waals surface area contributed by atoms with Crippen molar-refractivity contribution in [2.45, 2.75) is 50.3 Å². The van der Waals surface area contributed by atoms with Crippen LogP contribution in [0.4, 0.5) is 0 Å². The average Bonchev–Trinajstić information content (AvgIpc) is 2.78. The van der Waals surface area contributed by atoms with E-state index < -0.39 is 5.54 Å². The van der Waals surface area contributed by atoms with E-state index >= 15 is 0 Å². The highest BCUT2D eigenvalue weighted by atomic mass is 16.5. The van der Waals surface area contributed by atoms with Crippen molar-refractivity contribution >= 4 is 5.91 Å². The van der Waals surface area contributed by atoms with Crippen LogP contribution in [0.3, 0.4) is 0 Å². The first-order valence-electron chi connectivity index (χ1n) is 5.15. The molecular weight excluding hydrogens is 180 g/mol. The fraction of sp³-hybridized carbons (Fsp3) is 0.900. The zero-order chi connectivity index (χ0) is 10.4. The maximum absolute atomic E-state index is 11.5. The molecule has 1 atom stereocenters. The summed E-state index contributed by atoms with van der Waals surface area (Å²) in [5.74, 6) is -0.282. The topological polar surface area (TPSA) is 64.3 Å². The van der Waals surface area contributed by atoms with Crippen molar-refractivity contribution in [1.29, 1.82) is 0 Å². The van der Waals surface area contributed by atoms with Crippen LogP contribution in [0.25, 0.3) is 0 Å². The number of ether oxygens (including phenoxy) is 1. The van der Waals surface area contributed by atoms with Gasteiger partial charge in [-0.05, 0) is 26.7 Å². The van der Waals surface area contributed by atoms with E-state index in [1.807, 2.05) is 13.8 Å². The number of rotatable bonds is 3. The molecule has 1 saturated heterocycles. The number of carbonyl (C=O) groups excluding carboxylic acids is 1. The third-order valence-corrected chi connectivity index (χ3v) is 2.97. The summed E-state index contributed by atoms with van der Waals surface area (Å²) in [6, 6.07) is 0.472. The van der Waals surface area contributed by atoms with Crippen molar-refractivity contribution in [2.24, 2.45) is 5.73 Å². The molecule has 0 aromatic carbocycles. The van der Waals surface area contributed by atoms with E-state index in [2.05, 4.69) is 5.32 Å². The van der Waals surface area contributed by atoms with Gasteiger partial charge < -0.3 is 10.5 Å². The summed E-state index contributed by atoms with van der Waals surface area (Å²) < 4.78 is 5.58. The molecule has 1 heterocycles. The Bertz CT molecular complexity index is 261. The zero-order valence-corrected chi connectivity index (χ0v) is 8.80. The quantitative estimate of drug-likeness (QED) is 0.679. The normalized spacial score (nSPS) is 35.9. The highest BCUT2D eigenvalue weighted by molar-refractivity contribution is 5.85. The number of primary amides is 1. The van der Waals surface area contributed by atoms with Gasteiger partial charge in [-0.3, -0.25) is 10.1 Å². The molecule has 0 radical (unpaired) electrons. The Kier molecular flexibility index (Phi) is 2.08. The van der Waals surface area contributed by atoms with Crippen molar-refractivity contribution in [3.63, 3.8) is 0 Å². The van der Waals surface area contributed by atoms with E-state index in [1.165, 1.54) is 0 Å². The molecule has 0 aromatic heterocycles. The smallest absolute Gasteiger partial charge is 0.240 e.